The van der Waals surface area contributed by atoms with Crippen LogP contribution in [0, 0.1) is 0 Å². The first-order valence-electron chi connectivity index (χ1n) is 8.40. The molecule has 0 spiro atoms. The van der Waals surface area contributed by atoms with E-state index in [-0.39, 0.29) is 5.91 Å². The van der Waals surface area contributed by atoms with Crippen LogP contribution in [-0.4, -0.2) is 58.9 Å². The number of hydrogen-bond acceptors (Lipinski definition) is 4. The molecule has 1 heterocycles. The number of aliphatic hydroxyl groups is 2. The highest BCUT2D eigenvalue weighted by Gasteiger charge is 2.34. The Morgan fingerprint density at radius 1 is 1.05 bits per heavy atom. The summed E-state index contributed by atoms with van der Waals surface area (Å²) < 4.78 is 0. The zero-order valence-electron chi connectivity index (χ0n) is 13.6. The summed E-state index contributed by atoms with van der Waals surface area (Å²) in [6.45, 7) is 5.59. The summed E-state index contributed by atoms with van der Waals surface area (Å²) in [6, 6.07) is -0.534. The number of piperidine rings is 1. The number of aliphatic hydroxyl groups excluding tert-OH is 2. The fourth-order valence-corrected chi connectivity index (χ4v) is 2.99. The van der Waals surface area contributed by atoms with Crippen LogP contribution in [0.5, 0.6) is 0 Å². The van der Waals surface area contributed by atoms with Crippen molar-refractivity contribution in [1.29, 1.82) is 0 Å². The van der Waals surface area contributed by atoms with Crippen molar-refractivity contribution in [1.82, 2.24) is 10.2 Å². The van der Waals surface area contributed by atoms with E-state index in [1.165, 1.54) is 45.4 Å². The standard InChI is InChI=1S/C16H32N2O3/c1-3-4-5-6-7-8-9-10-18-11-14(20)16(15(21)12-18)17-13(2)19/h14-16,20-21H,3-12H2,1-2H3,(H,17,19)/t14-,15+,16-. The highest BCUT2D eigenvalue weighted by molar-refractivity contribution is 5.73. The Morgan fingerprint density at radius 2 is 1.57 bits per heavy atom. The van der Waals surface area contributed by atoms with Crippen molar-refractivity contribution in [3.63, 3.8) is 0 Å². The molecular formula is C16H32N2O3. The molecule has 124 valence electrons. The van der Waals surface area contributed by atoms with Gasteiger partial charge in [0.25, 0.3) is 0 Å². The van der Waals surface area contributed by atoms with E-state index in [4.69, 9.17) is 0 Å². The van der Waals surface area contributed by atoms with Gasteiger partial charge in [0.05, 0.1) is 18.2 Å². The summed E-state index contributed by atoms with van der Waals surface area (Å²) in [6.07, 6.45) is 7.45. The zero-order valence-corrected chi connectivity index (χ0v) is 13.6. The first-order chi connectivity index (χ1) is 10.0. The monoisotopic (exact) mass is 300 g/mol. The SMILES string of the molecule is CCCCCCCCCN1C[C@@H](O)[C@@H](NC(C)=O)[C@@H](O)C1. The van der Waals surface area contributed by atoms with Crippen molar-refractivity contribution < 1.29 is 15.0 Å². The molecule has 1 rings (SSSR count). The number of rotatable bonds is 9. The molecule has 0 saturated carbocycles. The summed E-state index contributed by atoms with van der Waals surface area (Å²) in [4.78, 5) is 13.2. The van der Waals surface area contributed by atoms with Gasteiger partial charge in [-0.3, -0.25) is 9.69 Å². The Bertz CT molecular complexity index is 287. The van der Waals surface area contributed by atoms with Crippen LogP contribution in [0.25, 0.3) is 0 Å². The van der Waals surface area contributed by atoms with Crippen LogP contribution in [0.3, 0.4) is 0 Å². The van der Waals surface area contributed by atoms with Gasteiger partial charge in [-0.1, -0.05) is 45.4 Å². The normalized spacial score (nSPS) is 26.8. The largest absolute Gasteiger partial charge is 0.390 e. The fourth-order valence-electron chi connectivity index (χ4n) is 2.99. The number of likely N-dealkylation sites (tertiary alicyclic amines) is 1. The van der Waals surface area contributed by atoms with Gasteiger partial charge in [0.15, 0.2) is 0 Å². The molecule has 3 atom stereocenters. The van der Waals surface area contributed by atoms with Gasteiger partial charge in [-0.25, -0.2) is 0 Å². The van der Waals surface area contributed by atoms with E-state index >= 15 is 0 Å². The number of carbonyl (C=O) groups is 1. The highest BCUT2D eigenvalue weighted by Crippen LogP contribution is 2.14. The Balaban J connectivity index is 2.16. The van der Waals surface area contributed by atoms with Crippen LogP contribution in [0.15, 0.2) is 0 Å². The first-order valence-corrected chi connectivity index (χ1v) is 8.40. The molecule has 0 aromatic rings. The molecule has 0 aromatic carbocycles. The van der Waals surface area contributed by atoms with Gasteiger partial charge in [0.1, 0.15) is 0 Å². The Labute approximate surface area is 128 Å². The van der Waals surface area contributed by atoms with E-state index < -0.39 is 18.2 Å². The lowest BCUT2D eigenvalue weighted by molar-refractivity contribution is -0.123. The van der Waals surface area contributed by atoms with Crippen molar-refractivity contribution in [3.8, 4) is 0 Å². The lowest BCUT2D eigenvalue weighted by Crippen LogP contribution is -2.61. The summed E-state index contributed by atoms with van der Waals surface area (Å²) in [5, 5.41) is 22.7. The molecule has 0 aliphatic carbocycles. The van der Waals surface area contributed by atoms with Crippen LogP contribution >= 0.6 is 0 Å². The summed E-state index contributed by atoms with van der Waals surface area (Å²) in [5.74, 6) is -0.210. The number of β-amino-alcohol motifs (C(OH)–C–C–N with tert-alkyl or cyclic N) is 2. The zero-order chi connectivity index (χ0) is 15.7. The molecule has 1 aliphatic rings. The average molecular weight is 300 g/mol. The smallest absolute Gasteiger partial charge is 0.217 e. The van der Waals surface area contributed by atoms with Crippen LogP contribution in [0.4, 0.5) is 0 Å². The predicted octanol–water partition coefficient (Wildman–Crippen LogP) is 1.28. The molecule has 21 heavy (non-hydrogen) atoms. The van der Waals surface area contributed by atoms with Crippen molar-refractivity contribution in [2.24, 2.45) is 0 Å². The third-order valence-corrected chi connectivity index (χ3v) is 4.17. The minimum atomic E-state index is -0.692. The second kappa shape index (κ2) is 10.1. The lowest BCUT2D eigenvalue weighted by atomic mass is 9.98. The predicted molar refractivity (Wildman–Crippen MR) is 84.1 cm³/mol. The van der Waals surface area contributed by atoms with E-state index in [1.807, 2.05) is 0 Å². The maximum Gasteiger partial charge on any atom is 0.217 e. The molecule has 0 bridgehead atoms. The number of nitrogens with one attached hydrogen (secondary N) is 1. The van der Waals surface area contributed by atoms with Gasteiger partial charge >= 0.3 is 0 Å². The Kier molecular flexibility index (Phi) is 8.88. The van der Waals surface area contributed by atoms with Crippen LogP contribution in [0.1, 0.15) is 58.8 Å². The van der Waals surface area contributed by atoms with E-state index in [2.05, 4.69) is 17.1 Å². The fraction of sp³-hybridized carbons (Fsp3) is 0.938. The van der Waals surface area contributed by atoms with Crippen LogP contribution < -0.4 is 5.32 Å². The number of hydrogen-bond donors (Lipinski definition) is 3. The summed E-state index contributed by atoms with van der Waals surface area (Å²) >= 11 is 0. The summed E-state index contributed by atoms with van der Waals surface area (Å²) in [7, 11) is 0. The number of amides is 1. The minimum Gasteiger partial charge on any atom is -0.390 e. The third kappa shape index (κ3) is 7.25. The highest BCUT2D eigenvalue weighted by atomic mass is 16.3. The van der Waals surface area contributed by atoms with Gasteiger partial charge in [-0.05, 0) is 13.0 Å². The van der Waals surface area contributed by atoms with Gasteiger partial charge in [-0.2, -0.15) is 0 Å². The molecular weight excluding hydrogens is 268 g/mol. The van der Waals surface area contributed by atoms with E-state index in [0.29, 0.717) is 13.1 Å². The molecule has 1 aliphatic heterocycles. The van der Waals surface area contributed by atoms with Crippen molar-refractivity contribution in [2.45, 2.75) is 77.0 Å². The van der Waals surface area contributed by atoms with Gasteiger partial charge in [0.2, 0.25) is 5.91 Å². The Morgan fingerprint density at radius 3 is 2.10 bits per heavy atom. The molecule has 1 amide bonds. The lowest BCUT2D eigenvalue weighted by Gasteiger charge is -2.39. The first kappa shape index (κ1) is 18.4. The van der Waals surface area contributed by atoms with Crippen molar-refractivity contribution in [2.75, 3.05) is 19.6 Å². The average Bonchev–Trinajstić information content (AvgIpc) is 2.42. The third-order valence-electron chi connectivity index (χ3n) is 4.17. The maximum atomic E-state index is 11.1. The van der Waals surface area contributed by atoms with Gasteiger partial charge in [-0.15, -0.1) is 0 Å². The molecule has 0 radical (unpaired) electrons. The molecule has 5 heteroatoms. The number of carbonyl (C=O) groups excluding carboxylic acids is 1. The van der Waals surface area contributed by atoms with Gasteiger partial charge < -0.3 is 15.5 Å². The molecule has 3 N–H and O–H groups in total. The van der Waals surface area contributed by atoms with Crippen LogP contribution in [-0.2, 0) is 4.79 Å². The molecule has 0 unspecified atom stereocenters. The number of nitrogens with zero attached hydrogens (tertiary/aromatic N) is 1. The van der Waals surface area contributed by atoms with Gasteiger partial charge in [0, 0.05) is 20.0 Å². The van der Waals surface area contributed by atoms with Crippen molar-refractivity contribution in [3.05, 3.63) is 0 Å². The van der Waals surface area contributed by atoms with E-state index in [0.717, 1.165) is 13.0 Å². The quantitative estimate of drug-likeness (QED) is 0.561. The molecule has 5 nitrogen and oxygen atoms in total. The summed E-state index contributed by atoms with van der Waals surface area (Å²) in [5.41, 5.74) is 0. The Hall–Kier alpha value is -0.650. The maximum absolute atomic E-state index is 11.1. The second-order valence-corrected chi connectivity index (χ2v) is 6.24. The minimum absolute atomic E-state index is 0.210. The number of unbranched alkanes of at least 4 members (excludes halogenated alkanes) is 6. The van der Waals surface area contributed by atoms with Crippen LogP contribution in [0.2, 0.25) is 0 Å². The van der Waals surface area contributed by atoms with E-state index in [9.17, 15) is 15.0 Å². The van der Waals surface area contributed by atoms with E-state index in [1.54, 1.807) is 0 Å². The topological polar surface area (TPSA) is 72.8 Å². The molecule has 1 saturated heterocycles. The molecule has 0 aromatic heterocycles. The molecule has 1 fully saturated rings. The van der Waals surface area contributed by atoms with Crippen molar-refractivity contribution >= 4 is 5.91 Å². The second-order valence-electron chi connectivity index (χ2n) is 6.24.